The highest BCUT2D eigenvalue weighted by molar-refractivity contribution is 7.89. The highest BCUT2D eigenvalue weighted by Gasteiger charge is 2.39. The standard InChI is InChI=1S/C20H22ClFN2O4S/c21-18-12-17(5-6-19(18)22)29(26,27)23-9-7-14(8-10-23)20(25)24(15-3-4-15)13-16-2-1-11-28-16/h1-2,5-6,11-12,14-15H,3-4,7-10,13H2. The number of piperidine rings is 1. The molecular formula is C20H22ClFN2O4S. The number of halogens is 2. The second kappa shape index (κ2) is 8.08. The minimum atomic E-state index is -3.77. The first-order valence-corrected chi connectivity index (χ1v) is 11.5. The van der Waals surface area contributed by atoms with E-state index in [2.05, 4.69) is 0 Å². The predicted octanol–water partition coefficient (Wildman–Crippen LogP) is 3.66. The van der Waals surface area contributed by atoms with E-state index in [0.717, 1.165) is 30.7 Å². The number of benzene rings is 1. The average molecular weight is 441 g/mol. The minimum Gasteiger partial charge on any atom is -0.467 e. The Morgan fingerprint density at radius 3 is 2.52 bits per heavy atom. The highest BCUT2D eigenvalue weighted by atomic mass is 35.5. The Balaban J connectivity index is 1.41. The second-order valence-corrected chi connectivity index (χ2v) is 9.88. The molecule has 0 unspecified atom stereocenters. The second-order valence-electron chi connectivity index (χ2n) is 7.53. The molecule has 6 nitrogen and oxygen atoms in total. The van der Waals surface area contributed by atoms with Crippen LogP contribution in [-0.2, 0) is 21.4 Å². The smallest absolute Gasteiger partial charge is 0.243 e. The van der Waals surface area contributed by atoms with Gasteiger partial charge in [0.25, 0.3) is 0 Å². The Morgan fingerprint density at radius 2 is 1.93 bits per heavy atom. The molecular weight excluding hydrogens is 419 g/mol. The van der Waals surface area contributed by atoms with Crippen LogP contribution in [0.15, 0.2) is 45.9 Å². The van der Waals surface area contributed by atoms with Crippen LogP contribution in [0.5, 0.6) is 0 Å². The molecule has 4 rings (SSSR count). The average Bonchev–Trinajstić information content (AvgIpc) is 3.43. The van der Waals surface area contributed by atoms with E-state index in [1.165, 1.54) is 10.4 Å². The summed E-state index contributed by atoms with van der Waals surface area (Å²) in [6.07, 6.45) is 4.48. The summed E-state index contributed by atoms with van der Waals surface area (Å²) in [5.41, 5.74) is 0. The van der Waals surface area contributed by atoms with E-state index in [-0.39, 0.29) is 40.9 Å². The van der Waals surface area contributed by atoms with Gasteiger partial charge in [-0.3, -0.25) is 4.79 Å². The number of carbonyl (C=O) groups excluding carboxylic acids is 1. The van der Waals surface area contributed by atoms with Crippen LogP contribution in [0, 0.1) is 11.7 Å². The van der Waals surface area contributed by atoms with Crippen molar-refractivity contribution in [1.82, 2.24) is 9.21 Å². The molecule has 2 heterocycles. The van der Waals surface area contributed by atoms with E-state index >= 15 is 0 Å². The zero-order valence-electron chi connectivity index (χ0n) is 15.8. The fourth-order valence-corrected chi connectivity index (χ4v) is 5.45. The number of furan rings is 1. The first-order chi connectivity index (χ1) is 13.9. The van der Waals surface area contributed by atoms with Gasteiger partial charge < -0.3 is 9.32 Å². The molecule has 2 aliphatic rings. The van der Waals surface area contributed by atoms with Gasteiger partial charge in [0.2, 0.25) is 15.9 Å². The van der Waals surface area contributed by atoms with Gasteiger partial charge in [-0.1, -0.05) is 11.6 Å². The summed E-state index contributed by atoms with van der Waals surface area (Å²) in [6.45, 7) is 0.934. The van der Waals surface area contributed by atoms with E-state index in [0.29, 0.717) is 19.4 Å². The van der Waals surface area contributed by atoms with Gasteiger partial charge in [0.15, 0.2) is 0 Å². The molecule has 1 aromatic heterocycles. The van der Waals surface area contributed by atoms with E-state index in [1.54, 1.807) is 12.3 Å². The number of sulfonamides is 1. The van der Waals surface area contributed by atoms with Crippen molar-refractivity contribution in [1.29, 1.82) is 0 Å². The Labute approximate surface area is 174 Å². The maximum atomic E-state index is 13.4. The molecule has 1 amide bonds. The first-order valence-electron chi connectivity index (χ1n) is 9.64. The third-order valence-electron chi connectivity index (χ3n) is 5.51. The molecule has 1 aliphatic carbocycles. The lowest BCUT2D eigenvalue weighted by Crippen LogP contribution is -2.44. The lowest BCUT2D eigenvalue weighted by molar-refractivity contribution is -0.138. The SMILES string of the molecule is O=C(C1CCN(S(=O)(=O)c2ccc(F)c(Cl)c2)CC1)N(Cc1ccco1)C1CC1. The molecule has 156 valence electrons. The number of hydrogen-bond donors (Lipinski definition) is 0. The Kier molecular flexibility index (Phi) is 5.68. The van der Waals surface area contributed by atoms with E-state index in [4.69, 9.17) is 16.0 Å². The highest BCUT2D eigenvalue weighted by Crippen LogP contribution is 2.33. The third-order valence-corrected chi connectivity index (χ3v) is 7.69. The largest absolute Gasteiger partial charge is 0.467 e. The van der Waals surface area contributed by atoms with Crippen LogP contribution in [0.1, 0.15) is 31.4 Å². The topological polar surface area (TPSA) is 70.8 Å². The quantitative estimate of drug-likeness (QED) is 0.687. The lowest BCUT2D eigenvalue weighted by atomic mass is 9.96. The van der Waals surface area contributed by atoms with E-state index in [1.807, 2.05) is 11.0 Å². The van der Waals surface area contributed by atoms with Crippen molar-refractivity contribution in [2.75, 3.05) is 13.1 Å². The monoisotopic (exact) mass is 440 g/mol. The molecule has 0 radical (unpaired) electrons. The van der Waals surface area contributed by atoms with Crippen molar-refractivity contribution in [2.24, 2.45) is 5.92 Å². The van der Waals surface area contributed by atoms with Crippen LogP contribution in [0.4, 0.5) is 4.39 Å². The van der Waals surface area contributed by atoms with Crippen molar-refractivity contribution < 1.29 is 22.0 Å². The van der Waals surface area contributed by atoms with Crippen molar-refractivity contribution >= 4 is 27.5 Å². The normalized spacial score (nSPS) is 18.7. The fourth-order valence-electron chi connectivity index (χ4n) is 3.71. The summed E-state index contributed by atoms with van der Waals surface area (Å²) in [7, 11) is -3.77. The van der Waals surface area contributed by atoms with Crippen LogP contribution in [0.25, 0.3) is 0 Å². The van der Waals surface area contributed by atoms with Gasteiger partial charge in [0.05, 0.1) is 22.7 Å². The number of carbonyl (C=O) groups is 1. The summed E-state index contributed by atoms with van der Waals surface area (Å²) in [5, 5.41) is -0.228. The van der Waals surface area contributed by atoms with Crippen molar-refractivity contribution in [3.63, 3.8) is 0 Å². The summed E-state index contributed by atoms with van der Waals surface area (Å²) < 4.78 is 45.7. The van der Waals surface area contributed by atoms with Gasteiger partial charge >= 0.3 is 0 Å². The van der Waals surface area contributed by atoms with Crippen LogP contribution in [0.3, 0.4) is 0 Å². The van der Waals surface area contributed by atoms with E-state index < -0.39 is 15.8 Å². The maximum Gasteiger partial charge on any atom is 0.243 e. The summed E-state index contributed by atoms with van der Waals surface area (Å²) >= 11 is 5.74. The van der Waals surface area contributed by atoms with Crippen molar-refractivity contribution in [2.45, 2.75) is 43.2 Å². The molecule has 0 N–H and O–H groups in total. The van der Waals surface area contributed by atoms with Gasteiger partial charge in [-0.15, -0.1) is 0 Å². The minimum absolute atomic E-state index is 0.0360. The molecule has 29 heavy (non-hydrogen) atoms. The molecule has 9 heteroatoms. The molecule has 0 bridgehead atoms. The van der Waals surface area contributed by atoms with Crippen LogP contribution in [0.2, 0.25) is 5.02 Å². The van der Waals surface area contributed by atoms with Crippen molar-refractivity contribution in [3.8, 4) is 0 Å². The summed E-state index contributed by atoms with van der Waals surface area (Å²) in [5.74, 6) is -0.0651. The molecule has 1 saturated carbocycles. The predicted molar refractivity (Wildman–Crippen MR) is 105 cm³/mol. The van der Waals surface area contributed by atoms with Gasteiger partial charge in [-0.2, -0.15) is 4.31 Å². The molecule has 0 atom stereocenters. The van der Waals surface area contributed by atoms with E-state index in [9.17, 15) is 17.6 Å². The third kappa shape index (κ3) is 4.34. The molecule has 2 aromatic rings. The summed E-state index contributed by atoms with van der Waals surface area (Å²) in [6, 6.07) is 7.29. The molecule has 0 spiro atoms. The number of rotatable bonds is 6. The molecule has 1 saturated heterocycles. The van der Waals surface area contributed by atoms with Gasteiger partial charge in [-0.25, -0.2) is 12.8 Å². The number of nitrogens with zero attached hydrogens (tertiary/aromatic N) is 2. The summed E-state index contributed by atoms with van der Waals surface area (Å²) in [4.78, 5) is 14.9. The first kappa shape index (κ1) is 20.4. The lowest BCUT2D eigenvalue weighted by Gasteiger charge is -2.33. The van der Waals surface area contributed by atoms with Crippen LogP contribution in [-0.4, -0.2) is 42.7 Å². The van der Waals surface area contributed by atoms with Gasteiger partial charge in [-0.05, 0) is 56.0 Å². The van der Waals surface area contributed by atoms with Gasteiger partial charge in [0.1, 0.15) is 11.6 Å². The zero-order valence-corrected chi connectivity index (χ0v) is 17.3. The van der Waals surface area contributed by atoms with Gasteiger partial charge in [0, 0.05) is 25.0 Å². The molecule has 1 aliphatic heterocycles. The zero-order chi connectivity index (χ0) is 20.6. The van der Waals surface area contributed by atoms with Crippen LogP contribution < -0.4 is 0 Å². The molecule has 1 aromatic carbocycles. The molecule has 2 fully saturated rings. The Morgan fingerprint density at radius 1 is 1.21 bits per heavy atom. The Hall–Kier alpha value is -1.90. The number of amides is 1. The van der Waals surface area contributed by atoms with Crippen molar-refractivity contribution in [3.05, 3.63) is 53.2 Å². The Bertz CT molecular complexity index is 984. The van der Waals surface area contributed by atoms with Crippen LogP contribution >= 0.6 is 11.6 Å². The number of hydrogen-bond acceptors (Lipinski definition) is 4. The fraction of sp³-hybridized carbons (Fsp3) is 0.450. The maximum absolute atomic E-state index is 13.4.